The molecule has 0 aliphatic heterocycles. The number of fused-ring (bicyclic) bond motifs is 3. The van der Waals surface area contributed by atoms with Crippen LogP contribution in [-0.2, 0) is 16.6 Å². The third kappa shape index (κ3) is 5.18. The highest BCUT2D eigenvalue weighted by molar-refractivity contribution is 6.01. The van der Waals surface area contributed by atoms with Gasteiger partial charge in [0.15, 0.2) is 0 Å². The molecule has 2 amide bonds. The van der Waals surface area contributed by atoms with Gasteiger partial charge in [0.2, 0.25) is 0 Å². The molecule has 0 spiro atoms. The number of aromatic nitrogens is 2. The Morgan fingerprint density at radius 2 is 1.71 bits per heavy atom. The number of hydrogen-bond donors (Lipinski definition) is 3. The van der Waals surface area contributed by atoms with E-state index < -0.39 is 24.0 Å². The summed E-state index contributed by atoms with van der Waals surface area (Å²) in [5.74, 6) is -1.42. The summed E-state index contributed by atoms with van der Waals surface area (Å²) in [6, 6.07) is 15.6. The molecule has 0 bridgehead atoms. The van der Waals surface area contributed by atoms with Crippen molar-refractivity contribution in [3.63, 3.8) is 0 Å². The predicted molar refractivity (Wildman–Crippen MR) is 130 cm³/mol. The first-order valence-electron chi connectivity index (χ1n) is 11.6. The molecule has 1 aromatic heterocycles. The van der Waals surface area contributed by atoms with Gasteiger partial charge in [-0.25, -0.2) is 4.79 Å². The number of nitrogens with zero attached hydrogens (tertiary/aromatic N) is 2. The molecule has 1 unspecified atom stereocenters. The number of rotatable bonds is 9. The largest absolute Gasteiger partial charge is 0.481 e. The van der Waals surface area contributed by atoms with E-state index in [0.717, 1.165) is 28.7 Å². The van der Waals surface area contributed by atoms with Crippen LogP contribution >= 0.6 is 0 Å². The number of benzene rings is 2. The quantitative estimate of drug-likeness (QED) is 0.426. The van der Waals surface area contributed by atoms with Crippen LogP contribution in [0.5, 0.6) is 0 Å². The van der Waals surface area contributed by atoms with Crippen LogP contribution in [0.4, 0.5) is 10.6 Å². The van der Waals surface area contributed by atoms with E-state index in [2.05, 4.69) is 27.9 Å². The Hall–Kier alpha value is -4.14. The van der Waals surface area contributed by atoms with Crippen LogP contribution in [0, 0.1) is 0 Å². The van der Waals surface area contributed by atoms with Gasteiger partial charge < -0.3 is 15.2 Å². The highest BCUT2D eigenvalue weighted by Gasteiger charge is 2.29. The number of carbonyl (C=O) groups excluding carboxylic acids is 2. The van der Waals surface area contributed by atoms with Gasteiger partial charge >= 0.3 is 12.1 Å². The molecule has 1 heterocycles. The van der Waals surface area contributed by atoms with Crippen molar-refractivity contribution in [1.82, 2.24) is 15.1 Å². The number of aliphatic carboxylic acids is 1. The minimum absolute atomic E-state index is 0.0896. The molecule has 35 heavy (non-hydrogen) atoms. The third-order valence-corrected chi connectivity index (χ3v) is 6.14. The van der Waals surface area contributed by atoms with Crippen LogP contribution in [0.3, 0.4) is 0 Å². The maximum absolute atomic E-state index is 12.8. The molecule has 1 aliphatic rings. The second-order valence-electron chi connectivity index (χ2n) is 8.54. The summed E-state index contributed by atoms with van der Waals surface area (Å²) in [5, 5.41) is 18.5. The molecule has 9 heteroatoms. The molecule has 0 radical (unpaired) electrons. The molecule has 3 N–H and O–H groups in total. The summed E-state index contributed by atoms with van der Waals surface area (Å²) in [6.07, 6.45) is 1.68. The van der Waals surface area contributed by atoms with Crippen molar-refractivity contribution in [2.24, 2.45) is 7.05 Å². The molecule has 9 nitrogen and oxygen atoms in total. The minimum atomic E-state index is -0.994. The minimum Gasteiger partial charge on any atom is -0.481 e. The molecular weight excluding hydrogens is 448 g/mol. The smallest absolute Gasteiger partial charge is 0.412 e. The van der Waals surface area contributed by atoms with Crippen molar-refractivity contribution in [3.8, 4) is 11.1 Å². The Balaban J connectivity index is 1.44. The zero-order valence-corrected chi connectivity index (χ0v) is 19.7. The van der Waals surface area contributed by atoms with E-state index in [0.29, 0.717) is 6.42 Å². The zero-order chi connectivity index (χ0) is 24.9. The third-order valence-electron chi connectivity index (χ3n) is 6.14. The average Bonchev–Trinajstić information content (AvgIpc) is 3.35. The van der Waals surface area contributed by atoms with Crippen molar-refractivity contribution >= 4 is 23.8 Å². The summed E-state index contributed by atoms with van der Waals surface area (Å²) in [5.41, 5.74) is 4.59. The Morgan fingerprint density at radius 1 is 1.09 bits per heavy atom. The van der Waals surface area contributed by atoms with E-state index in [9.17, 15) is 14.4 Å². The zero-order valence-electron chi connectivity index (χ0n) is 19.7. The number of carboxylic acid groups (broad SMARTS) is 1. The van der Waals surface area contributed by atoms with Crippen LogP contribution in [-0.4, -0.2) is 45.5 Å². The van der Waals surface area contributed by atoms with Gasteiger partial charge in [0, 0.05) is 19.0 Å². The fraction of sp³-hybridized carbons (Fsp3) is 0.308. The lowest BCUT2D eigenvalue weighted by molar-refractivity contribution is -0.137. The lowest BCUT2D eigenvalue weighted by Crippen LogP contribution is -2.36. The van der Waals surface area contributed by atoms with Crippen LogP contribution in [0.15, 0.2) is 54.7 Å². The molecule has 0 saturated heterocycles. The summed E-state index contributed by atoms with van der Waals surface area (Å²) in [4.78, 5) is 36.6. The predicted octanol–water partition coefficient (Wildman–Crippen LogP) is 4.15. The summed E-state index contributed by atoms with van der Waals surface area (Å²) >= 11 is 0. The Bertz CT molecular complexity index is 1210. The fourth-order valence-corrected chi connectivity index (χ4v) is 4.53. The molecule has 2 aromatic carbocycles. The molecule has 3 aromatic rings. The second kappa shape index (κ2) is 10.4. The van der Waals surface area contributed by atoms with E-state index in [1.165, 1.54) is 10.9 Å². The average molecular weight is 477 g/mol. The maximum atomic E-state index is 12.8. The number of hydrogen-bond acceptors (Lipinski definition) is 5. The van der Waals surface area contributed by atoms with E-state index in [-0.39, 0.29) is 30.3 Å². The first-order chi connectivity index (χ1) is 16.9. The lowest BCUT2D eigenvalue weighted by atomic mass is 9.98. The number of carbonyl (C=O) groups is 3. The molecule has 182 valence electrons. The van der Waals surface area contributed by atoms with Crippen LogP contribution in [0.2, 0.25) is 0 Å². The molecule has 1 atom stereocenters. The molecule has 0 saturated carbocycles. The van der Waals surface area contributed by atoms with Gasteiger partial charge in [0.1, 0.15) is 18.0 Å². The van der Waals surface area contributed by atoms with Crippen LogP contribution < -0.4 is 10.6 Å². The van der Waals surface area contributed by atoms with Crippen LogP contribution in [0.25, 0.3) is 11.1 Å². The highest BCUT2D eigenvalue weighted by atomic mass is 16.5. The second-order valence-corrected chi connectivity index (χ2v) is 8.54. The van der Waals surface area contributed by atoms with Crippen LogP contribution in [0.1, 0.15) is 53.6 Å². The van der Waals surface area contributed by atoms with Gasteiger partial charge in [-0.05, 0) is 28.7 Å². The summed E-state index contributed by atoms with van der Waals surface area (Å²) < 4.78 is 6.94. The van der Waals surface area contributed by atoms with Gasteiger partial charge in [-0.3, -0.25) is 19.6 Å². The topological polar surface area (TPSA) is 123 Å². The number of aryl methyl sites for hydroxylation is 1. The van der Waals surface area contributed by atoms with Crippen molar-refractivity contribution < 1.29 is 24.2 Å². The van der Waals surface area contributed by atoms with Crippen molar-refractivity contribution in [1.29, 1.82) is 0 Å². The monoisotopic (exact) mass is 476 g/mol. The van der Waals surface area contributed by atoms with E-state index in [1.54, 1.807) is 7.05 Å². The maximum Gasteiger partial charge on any atom is 0.412 e. The molecule has 0 fully saturated rings. The number of nitrogens with one attached hydrogen (secondary N) is 2. The van der Waals surface area contributed by atoms with Crippen molar-refractivity contribution in [3.05, 3.63) is 71.4 Å². The fourth-order valence-electron chi connectivity index (χ4n) is 4.53. The number of amides is 2. The SMILES string of the molecule is CCCC(CC(=O)O)NC(=O)c1cnn(C)c1NC(=O)OCC1c2ccccc2-c2ccccc21. The number of ether oxygens (including phenoxy) is 1. The van der Waals surface area contributed by atoms with Gasteiger partial charge in [-0.15, -0.1) is 0 Å². The number of anilines is 1. The Kier molecular flexibility index (Phi) is 7.14. The first-order valence-corrected chi connectivity index (χ1v) is 11.6. The lowest BCUT2D eigenvalue weighted by Gasteiger charge is -2.17. The molecular formula is C26H28N4O5. The van der Waals surface area contributed by atoms with Crippen molar-refractivity contribution in [2.75, 3.05) is 11.9 Å². The van der Waals surface area contributed by atoms with Gasteiger partial charge in [-0.1, -0.05) is 61.9 Å². The highest BCUT2D eigenvalue weighted by Crippen LogP contribution is 2.44. The summed E-state index contributed by atoms with van der Waals surface area (Å²) in [6.45, 7) is 2.05. The van der Waals surface area contributed by atoms with E-state index in [4.69, 9.17) is 9.84 Å². The Morgan fingerprint density at radius 3 is 2.31 bits per heavy atom. The molecule has 1 aliphatic carbocycles. The van der Waals surface area contributed by atoms with Gasteiger partial charge in [0.05, 0.1) is 12.6 Å². The van der Waals surface area contributed by atoms with Gasteiger partial charge in [0.25, 0.3) is 5.91 Å². The first kappa shape index (κ1) is 24.0. The Labute approximate surface area is 203 Å². The van der Waals surface area contributed by atoms with E-state index >= 15 is 0 Å². The van der Waals surface area contributed by atoms with E-state index in [1.807, 2.05) is 43.3 Å². The summed E-state index contributed by atoms with van der Waals surface area (Å²) in [7, 11) is 1.59. The van der Waals surface area contributed by atoms with Crippen molar-refractivity contribution in [2.45, 2.75) is 38.1 Å². The van der Waals surface area contributed by atoms with Gasteiger partial charge in [-0.2, -0.15) is 5.10 Å². The molecule has 4 rings (SSSR count). The normalized spacial score (nSPS) is 13.0. The number of carboxylic acids is 1. The standard InChI is InChI=1S/C26H28N4O5/c1-3-8-16(13-23(31)32)28-25(33)21-14-27-30(2)24(21)29-26(34)35-15-22-19-11-6-4-9-17(19)18-10-5-7-12-20(18)22/h4-7,9-12,14,16,22H,3,8,13,15H2,1-2H3,(H,28,33)(H,29,34)(H,31,32).